The van der Waals surface area contributed by atoms with E-state index in [1.54, 1.807) is 0 Å². The smallest absolute Gasteiger partial charge is 0.213 e. The molecule has 1 saturated heterocycles. The van der Waals surface area contributed by atoms with Crippen LogP contribution in [0.1, 0.15) is 12.2 Å². The van der Waals surface area contributed by atoms with Crippen molar-refractivity contribution in [2.45, 2.75) is 12.8 Å². The van der Waals surface area contributed by atoms with Crippen molar-refractivity contribution in [2.24, 2.45) is 5.92 Å². The Bertz CT molecular complexity index is 247. The van der Waals surface area contributed by atoms with E-state index in [-0.39, 0.29) is 0 Å². The molecule has 0 bridgehead atoms. The van der Waals surface area contributed by atoms with Gasteiger partial charge in [-0.3, -0.25) is 0 Å². The van der Waals surface area contributed by atoms with Crippen molar-refractivity contribution in [3.05, 3.63) is 12.2 Å². The van der Waals surface area contributed by atoms with Crippen LogP contribution in [0.2, 0.25) is 0 Å². The Morgan fingerprint density at radius 1 is 1.64 bits per heavy atom. The molecule has 1 aromatic rings. The third-order valence-electron chi connectivity index (χ3n) is 2.39. The van der Waals surface area contributed by atoms with Gasteiger partial charge in [0, 0.05) is 13.0 Å². The minimum absolute atomic E-state index is 0.790. The highest BCUT2D eigenvalue weighted by Crippen LogP contribution is 2.22. The molecule has 5 heteroatoms. The molecule has 0 radical (unpaired) electrons. The Labute approximate surface area is 87.8 Å². The molecule has 1 aliphatic rings. The zero-order valence-corrected chi connectivity index (χ0v) is 8.92. The van der Waals surface area contributed by atoms with E-state index in [9.17, 15) is 0 Å². The van der Waals surface area contributed by atoms with Gasteiger partial charge in [-0.15, -0.1) is 0 Å². The molecule has 1 aromatic heterocycles. The minimum atomic E-state index is 0.790. The first-order chi connectivity index (χ1) is 6.95. The molecule has 0 amide bonds. The molecule has 0 aliphatic carbocycles. The van der Waals surface area contributed by atoms with Crippen molar-refractivity contribution in [2.75, 3.05) is 24.6 Å². The summed E-state index contributed by atoms with van der Waals surface area (Å²) in [5.74, 6) is 4.30. The summed E-state index contributed by atoms with van der Waals surface area (Å²) in [5, 5.41) is 7.19. The summed E-state index contributed by atoms with van der Waals surface area (Å²) in [6.45, 7) is 2.07. The molecule has 0 spiro atoms. The van der Waals surface area contributed by atoms with Crippen molar-refractivity contribution in [3.63, 3.8) is 0 Å². The Morgan fingerprint density at radius 2 is 2.64 bits per heavy atom. The average Bonchev–Trinajstić information content (AvgIpc) is 2.86. The second-order valence-corrected chi connectivity index (χ2v) is 4.68. The van der Waals surface area contributed by atoms with E-state index >= 15 is 0 Å². The molecule has 1 N–H and O–H groups in total. The first-order valence-electron chi connectivity index (χ1n) is 4.99. The van der Waals surface area contributed by atoms with Crippen LogP contribution >= 0.6 is 11.8 Å². The zero-order valence-electron chi connectivity index (χ0n) is 8.11. The number of nitrogens with zero attached hydrogens (tertiary/aromatic N) is 2. The Hall–Kier alpha value is -0.550. The fraction of sp³-hybridized carbons (Fsp3) is 0.778. The average molecular weight is 213 g/mol. The van der Waals surface area contributed by atoms with Crippen molar-refractivity contribution < 1.29 is 4.52 Å². The maximum Gasteiger partial charge on any atom is 0.213 e. The Balaban J connectivity index is 1.55. The monoisotopic (exact) mass is 213 g/mol. The molecule has 1 unspecified atom stereocenters. The lowest BCUT2D eigenvalue weighted by Crippen LogP contribution is -2.25. The van der Waals surface area contributed by atoms with Crippen molar-refractivity contribution in [3.8, 4) is 0 Å². The van der Waals surface area contributed by atoms with Crippen LogP contribution in [-0.2, 0) is 6.42 Å². The van der Waals surface area contributed by atoms with E-state index in [1.165, 1.54) is 24.3 Å². The Kier molecular flexibility index (Phi) is 3.82. The highest BCUT2D eigenvalue weighted by molar-refractivity contribution is 7.99. The number of rotatable bonds is 5. The van der Waals surface area contributed by atoms with Crippen LogP contribution in [0, 0.1) is 5.92 Å². The quantitative estimate of drug-likeness (QED) is 0.738. The molecule has 1 fully saturated rings. The summed E-state index contributed by atoms with van der Waals surface area (Å²) in [5.41, 5.74) is 0. The van der Waals surface area contributed by atoms with Crippen molar-refractivity contribution >= 4 is 11.8 Å². The van der Waals surface area contributed by atoms with E-state index in [0.717, 1.165) is 31.3 Å². The summed E-state index contributed by atoms with van der Waals surface area (Å²) < 4.78 is 4.65. The maximum absolute atomic E-state index is 4.65. The largest absolute Gasteiger partial charge is 0.343 e. The number of nitrogens with one attached hydrogen (secondary N) is 1. The van der Waals surface area contributed by atoms with Gasteiger partial charge < -0.3 is 9.84 Å². The fourth-order valence-corrected chi connectivity index (χ4v) is 2.84. The van der Waals surface area contributed by atoms with Gasteiger partial charge in [0.25, 0.3) is 0 Å². The molecule has 78 valence electrons. The number of aromatic nitrogens is 2. The van der Waals surface area contributed by atoms with Crippen LogP contribution in [0.5, 0.6) is 0 Å². The predicted molar refractivity (Wildman–Crippen MR) is 56.3 cm³/mol. The van der Waals surface area contributed by atoms with E-state index in [1.807, 2.05) is 0 Å². The van der Waals surface area contributed by atoms with Gasteiger partial charge in [-0.1, -0.05) is 5.16 Å². The molecule has 0 aromatic carbocycles. The van der Waals surface area contributed by atoms with Crippen LogP contribution < -0.4 is 5.32 Å². The molecule has 1 atom stereocenters. The van der Waals surface area contributed by atoms with Crippen molar-refractivity contribution in [1.29, 1.82) is 0 Å². The summed E-state index contributed by atoms with van der Waals surface area (Å²) in [4.78, 5) is 3.96. The standard InChI is InChI=1S/C9H15N3OS/c1(9-11-7-13-12-9)3-10-5-8-2-4-14-6-8/h7-8,10H,1-6H2. The molecule has 2 heterocycles. The van der Waals surface area contributed by atoms with E-state index in [4.69, 9.17) is 0 Å². The normalized spacial score (nSPS) is 21.6. The minimum Gasteiger partial charge on any atom is -0.343 e. The first kappa shape index (κ1) is 9.98. The molecule has 2 rings (SSSR count). The van der Waals surface area contributed by atoms with Gasteiger partial charge in [-0.2, -0.15) is 16.7 Å². The van der Waals surface area contributed by atoms with Gasteiger partial charge in [0.05, 0.1) is 0 Å². The molecular weight excluding hydrogens is 198 g/mol. The highest BCUT2D eigenvalue weighted by atomic mass is 32.2. The third-order valence-corrected chi connectivity index (χ3v) is 3.62. The van der Waals surface area contributed by atoms with Crippen molar-refractivity contribution in [1.82, 2.24) is 15.5 Å². The van der Waals surface area contributed by atoms with Gasteiger partial charge in [0.2, 0.25) is 6.39 Å². The first-order valence-corrected chi connectivity index (χ1v) is 6.14. The molecule has 1 aliphatic heterocycles. The van der Waals surface area contributed by atoms with Gasteiger partial charge in [0.1, 0.15) is 0 Å². The second kappa shape index (κ2) is 5.36. The summed E-state index contributed by atoms with van der Waals surface area (Å²) in [6.07, 6.45) is 3.60. The van der Waals surface area contributed by atoms with Gasteiger partial charge in [-0.25, -0.2) is 0 Å². The number of hydrogen-bond acceptors (Lipinski definition) is 5. The third kappa shape index (κ3) is 2.99. The van der Waals surface area contributed by atoms with Gasteiger partial charge in [-0.05, 0) is 30.4 Å². The summed E-state index contributed by atoms with van der Waals surface area (Å²) in [6, 6.07) is 0. The predicted octanol–water partition coefficient (Wildman–Crippen LogP) is 0.955. The highest BCUT2D eigenvalue weighted by Gasteiger charge is 2.14. The number of hydrogen-bond donors (Lipinski definition) is 1. The number of thioether (sulfide) groups is 1. The second-order valence-electron chi connectivity index (χ2n) is 3.53. The van der Waals surface area contributed by atoms with Crippen LogP contribution in [0.15, 0.2) is 10.9 Å². The van der Waals surface area contributed by atoms with Crippen LogP contribution in [-0.4, -0.2) is 34.7 Å². The topological polar surface area (TPSA) is 51.0 Å². The van der Waals surface area contributed by atoms with Gasteiger partial charge >= 0.3 is 0 Å². The van der Waals surface area contributed by atoms with Crippen LogP contribution in [0.4, 0.5) is 0 Å². The SMILES string of the molecule is c1nc(CCNCC2CCSC2)no1. The van der Waals surface area contributed by atoms with E-state index < -0.39 is 0 Å². The molecular formula is C9H15N3OS. The molecule has 0 saturated carbocycles. The van der Waals surface area contributed by atoms with Gasteiger partial charge in [0.15, 0.2) is 5.82 Å². The summed E-state index contributed by atoms with van der Waals surface area (Å²) in [7, 11) is 0. The molecule has 14 heavy (non-hydrogen) atoms. The van der Waals surface area contributed by atoms with E-state index in [0.29, 0.717) is 0 Å². The van der Waals surface area contributed by atoms with Crippen LogP contribution in [0.25, 0.3) is 0 Å². The zero-order chi connectivity index (χ0) is 9.64. The fourth-order valence-electron chi connectivity index (χ4n) is 1.55. The lowest BCUT2D eigenvalue weighted by molar-refractivity contribution is 0.408. The Morgan fingerprint density at radius 3 is 3.36 bits per heavy atom. The molecule has 4 nitrogen and oxygen atoms in total. The summed E-state index contributed by atoms with van der Waals surface area (Å²) >= 11 is 2.06. The lowest BCUT2D eigenvalue weighted by atomic mass is 10.1. The lowest BCUT2D eigenvalue weighted by Gasteiger charge is -2.08. The maximum atomic E-state index is 4.65. The van der Waals surface area contributed by atoms with Crippen LogP contribution in [0.3, 0.4) is 0 Å². The van der Waals surface area contributed by atoms with E-state index in [2.05, 4.69) is 31.7 Å².